The molecule has 0 bridgehead atoms. The molecule has 2 aromatic heterocycles. The molecular formula is C19H26N4O. The molecular weight excluding hydrogens is 300 g/mol. The van der Waals surface area contributed by atoms with Crippen molar-refractivity contribution < 1.29 is 4.79 Å². The van der Waals surface area contributed by atoms with E-state index in [1.54, 1.807) is 6.20 Å². The van der Waals surface area contributed by atoms with E-state index in [0.717, 1.165) is 30.4 Å². The molecule has 1 amide bonds. The van der Waals surface area contributed by atoms with E-state index in [1.165, 1.54) is 49.3 Å². The highest BCUT2D eigenvalue weighted by Crippen LogP contribution is 2.32. The Morgan fingerprint density at radius 2 is 2.04 bits per heavy atom. The standard InChI is InChI=1S/C19H26N4O/c1-12-10-20-11-15(12)19(24)21-14-7-8-16-17(9-14)23-18(22-16)13-5-3-2-4-6-13/h10-11,13-14,20H,2-9H2,1H3,(H,21,24)(H,22,23). The first-order valence-corrected chi connectivity index (χ1v) is 9.22. The van der Waals surface area contributed by atoms with Crippen molar-refractivity contribution in [2.75, 3.05) is 0 Å². The number of amides is 1. The van der Waals surface area contributed by atoms with Gasteiger partial charge < -0.3 is 15.3 Å². The zero-order valence-electron chi connectivity index (χ0n) is 14.3. The average molecular weight is 326 g/mol. The lowest BCUT2D eigenvalue weighted by Crippen LogP contribution is -2.39. The summed E-state index contributed by atoms with van der Waals surface area (Å²) in [4.78, 5) is 23.9. The van der Waals surface area contributed by atoms with Crippen LogP contribution in [0.15, 0.2) is 12.4 Å². The number of aryl methyl sites for hydroxylation is 2. The first-order chi connectivity index (χ1) is 11.7. The lowest BCUT2D eigenvalue weighted by Gasteiger charge is -2.22. The lowest BCUT2D eigenvalue weighted by atomic mass is 9.89. The molecule has 128 valence electrons. The van der Waals surface area contributed by atoms with E-state index >= 15 is 0 Å². The summed E-state index contributed by atoms with van der Waals surface area (Å²) in [6.07, 6.45) is 13.0. The molecule has 0 spiro atoms. The molecule has 5 heteroatoms. The summed E-state index contributed by atoms with van der Waals surface area (Å²) < 4.78 is 0. The maximum atomic E-state index is 12.4. The molecule has 3 N–H and O–H groups in total. The fourth-order valence-corrected chi connectivity index (χ4v) is 4.14. The summed E-state index contributed by atoms with van der Waals surface area (Å²) in [6, 6.07) is 0.193. The van der Waals surface area contributed by atoms with Gasteiger partial charge in [0.2, 0.25) is 0 Å². The van der Waals surface area contributed by atoms with E-state index in [2.05, 4.69) is 15.3 Å². The van der Waals surface area contributed by atoms with Crippen LogP contribution in [-0.2, 0) is 12.8 Å². The molecule has 2 aliphatic rings. The van der Waals surface area contributed by atoms with E-state index in [0.29, 0.717) is 5.92 Å². The van der Waals surface area contributed by atoms with E-state index < -0.39 is 0 Å². The number of carbonyl (C=O) groups is 1. The summed E-state index contributed by atoms with van der Waals surface area (Å²) >= 11 is 0. The topological polar surface area (TPSA) is 73.6 Å². The quantitative estimate of drug-likeness (QED) is 0.809. The van der Waals surface area contributed by atoms with Gasteiger partial charge in [0.15, 0.2) is 0 Å². The van der Waals surface area contributed by atoms with Crippen molar-refractivity contribution in [2.24, 2.45) is 0 Å². The highest BCUT2D eigenvalue weighted by atomic mass is 16.1. The molecule has 2 aromatic rings. The van der Waals surface area contributed by atoms with Gasteiger partial charge in [0.1, 0.15) is 5.82 Å². The fraction of sp³-hybridized carbons (Fsp3) is 0.579. The minimum absolute atomic E-state index is 0.0224. The van der Waals surface area contributed by atoms with Crippen LogP contribution < -0.4 is 5.32 Å². The third-order valence-corrected chi connectivity index (χ3v) is 5.59. The Kier molecular flexibility index (Phi) is 4.17. The van der Waals surface area contributed by atoms with E-state index in [1.807, 2.05) is 13.1 Å². The summed E-state index contributed by atoms with van der Waals surface area (Å²) in [5.74, 6) is 1.82. The number of hydrogen-bond acceptors (Lipinski definition) is 2. The highest BCUT2D eigenvalue weighted by molar-refractivity contribution is 5.95. The lowest BCUT2D eigenvalue weighted by molar-refractivity contribution is 0.0933. The summed E-state index contributed by atoms with van der Waals surface area (Å²) in [7, 11) is 0. The Balaban J connectivity index is 1.43. The number of aromatic amines is 2. The van der Waals surface area contributed by atoms with Crippen LogP contribution in [0.4, 0.5) is 0 Å². The number of aromatic nitrogens is 3. The number of nitrogens with one attached hydrogen (secondary N) is 3. The first-order valence-electron chi connectivity index (χ1n) is 9.22. The predicted molar refractivity (Wildman–Crippen MR) is 93.2 cm³/mol. The summed E-state index contributed by atoms with van der Waals surface area (Å²) in [6.45, 7) is 1.95. The van der Waals surface area contributed by atoms with Gasteiger partial charge in [-0.15, -0.1) is 0 Å². The van der Waals surface area contributed by atoms with E-state index in [9.17, 15) is 4.79 Å². The molecule has 0 saturated heterocycles. The van der Waals surface area contributed by atoms with Crippen molar-refractivity contribution in [1.82, 2.24) is 20.3 Å². The number of hydrogen-bond donors (Lipinski definition) is 3. The van der Waals surface area contributed by atoms with Gasteiger partial charge in [-0.05, 0) is 38.2 Å². The second-order valence-corrected chi connectivity index (χ2v) is 7.35. The average Bonchev–Trinajstić information content (AvgIpc) is 3.21. The van der Waals surface area contributed by atoms with E-state index in [4.69, 9.17) is 4.98 Å². The largest absolute Gasteiger partial charge is 0.367 e. The van der Waals surface area contributed by atoms with Crippen LogP contribution in [0.5, 0.6) is 0 Å². The SMILES string of the molecule is Cc1c[nH]cc1C(=O)NC1CCc2nc(C3CCCCC3)[nH]c2C1. The van der Waals surface area contributed by atoms with Crippen LogP contribution in [-0.4, -0.2) is 26.9 Å². The molecule has 1 atom stereocenters. The smallest absolute Gasteiger partial charge is 0.253 e. The van der Waals surface area contributed by atoms with Gasteiger partial charge in [0, 0.05) is 36.5 Å². The second-order valence-electron chi connectivity index (χ2n) is 7.35. The number of nitrogens with zero attached hydrogens (tertiary/aromatic N) is 1. The molecule has 0 aliphatic heterocycles. The van der Waals surface area contributed by atoms with Crippen LogP contribution in [0.1, 0.15) is 77.6 Å². The Bertz CT molecular complexity index is 724. The van der Waals surface area contributed by atoms with Gasteiger partial charge in [-0.2, -0.15) is 0 Å². The summed E-state index contributed by atoms with van der Waals surface area (Å²) in [5.41, 5.74) is 4.19. The maximum Gasteiger partial charge on any atom is 0.253 e. The summed E-state index contributed by atoms with van der Waals surface area (Å²) in [5, 5.41) is 3.19. The molecule has 0 aromatic carbocycles. The van der Waals surface area contributed by atoms with Crippen molar-refractivity contribution >= 4 is 5.91 Å². The van der Waals surface area contributed by atoms with Crippen LogP contribution in [0, 0.1) is 6.92 Å². The first kappa shape index (κ1) is 15.5. The van der Waals surface area contributed by atoms with Gasteiger partial charge in [-0.1, -0.05) is 19.3 Å². The molecule has 24 heavy (non-hydrogen) atoms. The number of carbonyl (C=O) groups excluding carboxylic acids is 1. The Hall–Kier alpha value is -2.04. The molecule has 1 unspecified atom stereocenters. The van der Waals surface area contributed by atoms with Crippen molar-refractivity contribution in [2.45, 2.75) is 70.3 Å². The minimum Gasteiger partial charge on any atom is -0.367 e. The number of rotatable bonds is 3. The highest BCUT2D eigenvalue weighted by Gasteiger charge is 2.26. The van der Waals surface area contributed by atoms with Crippen LogP contribution >= 0.6 is 0 Å². The Labute approximate surface area is 142 Å². The molecule has 4 rings (SSSR count). The maximum absolute atomic E-state index is 12.4. The van der Waals surface area contributed by atoms with Crippen LogP contribution in [0.25, 0.3) is 0 Å². The molecule has 1 fully saturated rings. The van der Waals surface area contributed by atoms with Crippen LogP contribution in [0.3, 0.4) is 0 Å². The number of imidazole rings is 1. The second kappa shape index (κ2) is 6.46. The third-order valence-electron chi connectivity index (χ3n) is 5.59. The molecule has 5 nitrogen and oxygen atoms in total. The van der Waals surface area contributed by atoms with E-state index in [-0.39, 0.29) is 11.9 Å². The fourth-order valence-electron chi connectivity index (χ4n) is 4.14. The minimum atomic E-state index is 0.0224. The zero-order valence-corrected chi connectivity index (χ0v) is 14.3. The van der Waals surface area contributed by atoms with Gasteiger partial charge in [-0.25, -0.2) is 4.98 Å². The molecule has 2 heterocycles. The van der Waals surface area contributed by atoms with Gasteiger partial charge in [0.25, 0.3) is 5.91 Å². The third kappa shape index (κ3) is 2.99. The Morgan fingerprint density at radius 1 is 1.21 bits per heavy atom. The van der Waals surface area contributed by atoms with Gasteiger partial charge >= 0.3 is 0 Å². The van der Waals surface area contributed by atoms with Crippen molar-refractivity contribution in [3.05, 3.63) is 40.7 Å². The number of H-pyrrole nitrogens is 2. The van der Waals surface area contributed by atoms with Crippen molar-refractivity contribution in [3.8, 4) is 0 Å². The molecule has 1 saturated carbocycles. The van der Waals surface area contributed by atoms with Gasteiger partial charge in [0.05, 0.1) is 11.3 Å². The zero-order chi connectivity index (χ0) is 16.5. The Morgan fingerprint density at radius 3 is 2.79 bits per heavy atom. The van der Waals surface area contributed by atoms with Gasteiger partial charge in [-0.3, -0.25) is 4.79 Å². The predicted octanol–water partition coefficient (Wildman–Crippen LogP) is 3.38. The normalized spacial score (nSPS) is 21.5. The van der Waals surface area contributed by atoms with Crippen LogP contribution in [0.2, 0.25) is 0 Å². The molecule has 2 aliphatic carbocycles. The number of fused-ring (bicyclic) bond motifs is 1. The monoisotopic (exact) mass is 326 g/mol. The van der Waals surface area contributed by atoms with Crippen molar-refractivity contribution in [1.29, 1.82) is 0 Å². The van der Waals surface area contributed by atoms with Crippen molar-refractivity contribution in [3.63, 3.8) is 0 Å². The molecule has 0 radical (unpaired) electrons.